The van der Waals surface area contributed by atoms with Crippen molar-refractivity contribution in [2.24, 2.45) is 4.99 Å². The number of hydrogen-bond donors (Lipinski definition) is 2. The van der Waals surface area contributed by atoms with E-state index in [1.54, 1.807) is 6.92 Å². The first-order valence-electron chi connectivity index (χ1n) is 11.3. The molecule has 38 heavy (non-hydrogen) atoms. The third-order valence-corrected chi connectivity index (χ3v) is 5.98. The van der Waals surface area contributed by atoms with E-state index < -0.39 is 59.4 Å². The van der Waals surface area contributed by atoms with Crippen molar-refractivity contribution in [1.29, 1.82) is 0 Å². The van der Waals surface area contributed by atoms with Gasteiger partial charge in [-0.1, -0.05) is 18.2 Å². The van der Waals surface area contributed by atoms with Gasteiger partial charge in [0.15, 0.2) is 5.54 Å². The van der Waals surface area contributed by atoms with Gasteiger partial charge < -0.3 is 5.32 Å². The minimum Gasteiger partial charge on any atom is -0.332 e. The molecule has 1 aromatic carbocycles. The van der Waals surface area contributed by atoms with Gasteiger partial charge in [0.25, 0.3) is 5.91 Å². The SMILES string of the molecule is C/C=C\C(=NC)C1=C(n2nn[nH]c2=O)C(=O)N[C@@](c2ccc(CCCCC(F)(F)F)cc2F)(C(F)(F)F)C1. The van der Waals surface area contributed by atoms with Crippen LogP contribution in [0, 0.1) is 5.82 Å². The molecule has 2 heterocycles. The molecule has 206 valence electrons. The van der Waals surface area contributed by atoms with E-state index in [0.717, 1.165) is 12.1 Å². The van der Waals surface area contributed by atoms with E-state index in [9.17, 15) is 35.9 Å². The molecule has 1 amide bonds. The van der Waals surface area contributed by atoms with E-state index >= 15 is 4.39 Å². The average molecular weight is 548 g/mol. The largest absolute Gasteiger partial charge is 0.416 e. The number of carbonyl (C=O) groups is 1. The van der Waals surface area contributed by atoms with Crippen LogP contribution in [0.1, 0.15) is 43.7 Å². The number of allylic oxidation sites excluding steroid dienone is 2. The number of aromatic nitrogens is 4. The summed E-state index contributed by atoms with van der Waals surface area (Å²) in [6.07, 6.45) is -9.04. The summed E-state index contributed by atoms with van der Waals surface area (Å²) in [5.41, 5.74) is -5.94. The zero-order valence-electron chi connectivity index (χ0n) is 20.2. The lowest BCUT2D eigenvalue weighted by atomic mass is 9.77. The van der Waals surface area contributed by atoms with Crippen LogP contribution in [0.15, 0.2) is 45.7 Å². The molecule has 0 aliphatic carbocycles. The number of amides is 1. The van der Waals surface area contributed by atoms with Crippen LogP contribution >= 0.6 is 0 Å². The highest BCUT2D eigenvalue weighted by Crippen LogP contribution is 2.47. The number of benzene rings is 1. The van der Waals surface area contributed by atoms with Crippen LogP contribution in [-0.4, -0.2) is 51.2 Å². The van der Waals surface area contributed by atoms with Crippen molar-refractivity contribution >= 4 is 17.3 Å². The van der Waals surface area contributed by atoms with Crippen LogP contribution in [0.2, 0.25) is 0 Å². The molecule has 3 rings (SSSR count). The van der Waals surface area contributed by atoms with Crippen molar-refractivity contribution in [1.82, 2.24) is 25.5 Å². The molecule has 0 saturated heterocycles. The molecular weight excluding hydrogens is 525 g/mol. The Bertz CT molecular complexity index is 1340. The van der Waals surface area contributed by atoms with Gasteiger partial charge in [0.05, 0.1) is 5.71 Å². The number of rotatable bonds is 8. The number of nitrogens with one attached hydrogen (secondary N) is 2. The molecule has 15 heteroatoms. The van der Waals surface area contributed by atoms with Gasteiger partial charge in [-0.15, -0.1) is 0 Å². The Morgan fingerprint density at radius 2 is 1.89 bits per heavy atom. The van der Waals surface area contributed by atoms with Crippen molar-refractivity contribution in [2.45, 2.75) is 56.9 Å². The third kappa shape index (κ3) is 5.86. The predicted molar refractivity (Wildman–Crippen MR) is 123 cm³/mol. The molecule has 0 fully saturated rings. The van der Waals surface area contributed by atoms with Crippen molar-refractivity contribution in [2.75, 3.05) is 7.05 Å². The molecule has 1 aliphatic rings. The monoisotopic (exact) mass is 548 g/mol. The quantitative estimate of drug-likeness (QED) is 0.293. The minimum absolute atomic E-state index is 0.0109. The molecule has 1 atom stereocenters. The lowest BCUT2D eigenvalue weighted by Crippen LogP contribution is -2.60. The number of hydrogen-bond acceptors (Lipinski definition) is 5. The van der Waals surface area contributed by atoms with Gasteiger partial charge in [-0.3, -0.25) is 9.79 Å². The van der Waals surface area contributed by atoms with E-state index in [4.69, 9.17) is 0 Å². The fourth-order valence-electron chi connectivity index (χ4n) is 4.23. The summed E-state index contributed by atoms with van der Waals surface area (Å²) >= 11 is 0. The molecule has 1 aromatic heterocycles. The van der Waals surface area contributed by atoms with Crippen LogP contribution in [0.5, 0.6) is 0 Å². The Morgan fingerprint density at radius 3 is 2.42 bits per heavy atom. The van der Waals surface area contributed by atoms with Gasteiger partial charge in [0, 0.05) is 31.0 Å². The van der Waals surface area contributed by atoms with Gasteiger partial charge >= 0.3 is 18.0 Å². The Labute approximate surface area is 211 Å². The molecule has 0 saturated carbocycles. The number of aromatic amines is 1. The van der Waals surface area contributed by atoms with E-state index in [1.807, 2.05) is 10.4 Å². The van der Waals surface area contributed by atoms with Crippen LogP contribution in [-0.2, 0) is 16.8 Å². The summed E-state index contributed by atoms with van der Waals surface area (Å²) in [6, 6.07) is 2.84. The van der Waals surface area contributed by atoms with Gasteiger partial charge in [-0.25, -0.2) is 14.3 Å². The Balaban J connectivity index is 2.10. The second-order valence-corrected chi connectivity index (χ2v) is 8.52. The fraction of sp³-hybridized carbons (Fsp3) is 0.435. The first-order chi connectivity index (χ1) is 17.7. The van der Waals surface area contributed by atoms with E-state index in [-0.39, 0.29) is 36.1 Å². The summed E-state index contributed by atoms with van der Waals surface area (Å²) in [4.78, 5) is 29.2. The maximum Gasteiger partial charge on any atom is 0.416 e. The summed E-state index contributed by atoms with van der Waals surface area (Å²) in [6.45, 7) is 1.56. The summed E-state index contributed by atoms with van der Waals surface area (Å²) in [7, 11) is 1.27. The third-order valence-electron chi connectivity index (χ3n) is 5.98. The van der Waals surface area contributed by atoms with Crippen LogP contribution in [0.25, 0.3) is 5.70 Å². The Morgan fingerprint density at radius 1 is 1.18 bits per heavy atom. The number of aryl methyl sites for hydroxylation is 1. The molecule has 0 bridgehead atoms. The predicted octanol–water partition coefficient (Wildman–Crippen LogP) is 4.22. The standard InChI is InChI=1S/C23H23F7N6O2/c1-3-6-17(31-2)14-12-21(23(28,29)30,32-19(37)18(14)36-20(38)33-34-35-36)15-9-8-13(11-16(15)24)7-4-5-10-22(25,26)27/h3,6,8-9,11H,4-5,7,10,12H2,1-2H3,(H,32,37)(H,33,35,38)/b6-3-,31-17?/t21-/m0/s1. The number of alkyl halides is 6. The van der Waals surface area contributed by atoms with Gasteiger partial charge in [-0.2, -0.15) is 31.0 Å². The van der Waals surface area contributed by atoms with Crippen molar-refractivity contribution in [3.8, 4) is 0 Å². The molecular formula is C23H23F7N6O2. The molecule has 8 nitrogen and oxygen atoms in total. The van der Waals surface area contributed by atoms with Crippen molar-refractivity contribution < 1.29 is 35.5 Å². The number of halogens is 7. The molecule has 1 aliphatic heterocycles. The highest BCUT2D eigenvalue weighted by Gasteiger charge is 2.61. The second-order valence-electron chi connectivity index (χ2n) is 8.52. The number of carbonyl (C=O) groups excluding carboxylic acids is 1. The maximum atomic E-state index is 15.3. The Hall–Kier alpha value is -3.78. The van der Waals surface area contributed by atoms with E-state index in [0.29, 0.717) is 4.68 Å². The first kappa shape index (κ1) is 28.8. The summed E-state index contributed by atoms with van der Waals surface area (Å²) < 4.78 is 96.9. The van der Waals surface area contributed by atoms with Gasteiger partial charge in [0.1, 0.15) is 11.5 Å². The van der Waals surface area contributed by atoms with Crippen LogP contribution in [0.3, 0.4) is 0 Å². The summed E-state index contributed by atoms with van der Waals surface area (Å²) in [5.74, 6) is -2.68. The summed E-state index contributed by atoms with van der Waals surface area (Å²) in [5, 5.41) is 10.5. The number of unbranched alkanes of at least 4 members (excludes halogenated alkanes) is 1. The normalized spacial score (nSPS) is 19.4. The smallest absolute Gasteiger partial charge is 0.332 e. The van der Waals surface area contributed by atoms with Crippen molar-refractivity contribution in [3.63, 3.8) is 0 Å². The Kier molecular flexibility index (Phi) is 8.27. The molecule has 0 spiro atoms. The topological polar surface area (TPSA) is 105 Å². The number of nitrogens with zero attached hydrogens (tertiary/aromatic N) is 4. The van der Waals surface area contributed by atoms with Crippen LogP contribution < -0.4 is 11.0 Å². The minimum atomic E-state index is -5.22. The first-order valence-corrected chi connectivity index (χ1v) is 11.3. The molecule has 2 N–H and O–H groups in total. The van der Waals surface area contributed by atoms with Gasteiger partial charge in [-0.05, 0) is 54.3 Å². The lowest BCUT2D eigenvalue weighted by molar-refractivity contribution is -0.203. The zero-order chi connectivity index (χ0) is 28.3. The lowest BCUT2D eigenvalue weighted by Gasteiger charge is -2.41. The average Bonchev–Trinajstić information content (AvgIpc) is 3.23. The van der Waals surface area contributed by atoms with Crippen LogP contribution in [0.4, 0.5) is 30.7 Å². The highest BCUT2D eigenvalue weighted by atomic mass is 19.4. The van der Waals surface area contributed by atoms with Crippen molar-refractivity contribution in [3.05, 3.63) is 63.4 Å². The fourth-order valence-corrected chi connectivity index (χ4v) is 4.23. The highest BCUT2D eigenvalue weighted by molar-refractivity contribution is 6.25. The zero-order valence-corrected chi connectivity index (χ0v) is 20.2. The number of H-pyrrole nitrogens is 1. The van der Waals surface area contributed by atoms with Gasteiger partial charge in [0.2, 0.25) is 0 Å². The van der Waals surface area contributed by atoms with E-state index in [1.165, 1.54) is 25.3 Å². The number of aliphatic imine (C=N–C) groups is 1. The number of tetrazole rings is 1. The molecule has 2 aromatic rings. The molecule has 0 radical (unpaired) electrons. The second kappa shape index (κ2) is 10.9. The maximum absolute atomic E-state index is 15.3. The van der Waals surface area contributed by atoms with E-state index in [2.05, 4.69) is 15.4 Å². The molecule has 0 unspecified atom stereocenters.